The summed E-state index contributed by atoms with van der Waals surface area (Å²) in [4.78, 5) is 13.0. The van der Waals surface area contributed by atoms with Gasteiger partial charge >= 0.3 is 0 Å². The number of hydrogen-bond acceptors (Lipinski definition) is 8. The highest BCUT2D eigenvalue weighted by atomic mass is 16.6. The highest BCUT2D eigenvalue weighted by Gasteiger charge is 2.26. The van der Waals surface area contributed by atoms with E-state index in [1.165, 1.54) is 17.1 Å². The first-order chi connectivity index (χ1) is 11.2. The van der Waals surface area contributed by atoms with Gasteiger partial charge in [0.2, 0.25) is 0 Å². The second-order valence-electron chi connectivity index (χ2n) is 5.08. The van der Waals surface area contributed by atoms with Gasteiger partial charge in [-0.25, -0.2) is 4.68 Å². The van der Waals surface area contributed by atoms with Crippen LogP contribution >= 0.6 is 0 Å². The Bertz CT molecular complexity index is 675. The molecule has 1 atom stereocenters. The maximum Gasteiger partial charge on any atom is 0.294 e. The number of nitrogens with zero attached hydrogens (tertiary/aromatic N) is 6. The molecule has 0 bridgehead atoms. The van der Waals surface area contributed by atoms with Crippen LogP contribution in [0.1, 0.15) is 0 Å². The van der Waals surface area contributed by atoms with Gasteiger partial charge in [0, 0.05) is 26.3 Å². The molecule has 122 valence electrons. The lowest BCUT2D eigenvalue weighted by Crippen LogP contribution is -2.44. The highest BCUT2D eigenvalue weighted by Crippen LogP contribution is 2.31. The van der Waals surface area contributed by atoms with Crippen LogP contribution in [0.4, 0.5) is 11.4 Å². The molecular weight excluding hydrogens is 304 g/mol. The zero-order valence-corrected chi connectivity index (χ0v) is 12.5. The topological polar surface area (TPSA) is 108 Å². The summed E-state index contributed by atoms with van der Waals surface area (Å²) in [5.41, 5.74) is 1.10. The molecule has 0 aliphatic carbocycles. The zero-order valence-electron chi connectivity index (χ0n) is 12.5. The van der Waals surface area contributed by atoms with Gasteiger partial charge in [0.1, 0.15) is 12.0 Å². The molecule has 0 saturated carbocycles. The van der Waals surface area contributed by atoms with E-state index in [1.54, 1.807) is 19.2 Å². The second kappa shape index (κ2) is 6.67. The van der Waals surface area contributed by atoms with Crippen LogP contribution in [0.15, 0.2) is 24.5 Å². The van der Waals surface area contributed by atoms with Crippen molar-refractivity contribution in [1.29, 1.82) is 0 Å². The summed E-state index contributed by atoms with van der Waals surface area (Å²) < 4.78 is 12.1. The van der Waals surface area contributed by atoms with Crippen molar-refractivity contribution in [3.63, 3.8) is 0 Å². The molecule has 0 unspecified atom stereocenters. The number of tetrazole rings is 1. The SMILES string of the molecule is COC[C@H]1CN(c2ccc(-n3cnnn3)cc2[N+](=O)[O-])CCO1. The van der Waals surface area contributed by atoms with Crippen LogP contribution in [0.25, 0.3) is 5.69 Å². The van der Waals surface area contributed by atoms with E-state index < -0.39 is 4.92 Å². The minimum absolute atomic E-state index is 0.0102. The Morgan fingerprint density at radius 1 is 1.52 bits per heavy atom. The van der Waals surface area contributed by atoms with E-state index in [9.17, 15) is 10.1 Å². The molecule has 1 aliphatic heterocycles. The summed E-state index contributed by atoms with van der Waals surface area (Å²) in [7, 11) is 1.60. The number of morpholine rings is 1. The molecule has 1 saturated heterocycles. The quantitative estimate of drug-likeness (QED) is 0.576. The average molecular weight is 320 g/mol. The minimum Gasteiger partial charge on any atom is -0.382 e. The molecular formula is C13H16N6O4. The lowest BCUT2D eigenvalue weighted by Gasteiger charge is -2.33. The highest BCUT2D eigenvalue weighted by molar-refractivity contribution is 5.66. The number of nitro benzene ring substituents is 1. The van der Waals surface area contributed by atoms with Crippen LogP contribution in [0, 0.1) is 10.1 Å². The van der Waals surface area contributed by atoms with E-state index >= 15 is 0 Å². The molecule has 3 rings (SSSR count). The molecule has 1 fully saturated rings. The number of methoxy groups -OCH3 is 1. The average Bonchev–Trinajstić information content (AvgIpc) is 3.09. The van der Waals surface area contributed by atoms with Gasteiger partial charge in [0.15, 0.2) is 0 Å². The molecule has 1 aromatic heterocycles. The van der Waals surface area contributed by atoms with Gasteiger partial charge in [-0.1, -0.05) is 0 Å². The lowest BCUT2D eigenvalue weighted by molar-refractivity contribution is -0.384. The van der Waals surface area contributed by atoms with Crippen LogP contribution in [0.3, 0.4) is 0 Å². The fourth-order valence-corrected chi connectivity index (χ4v) is 2.57. The fourth-order valence-electron chi connectivity index (χ4n) is 2.57. The Kier molecular flexibility index (Phi) is 4.44. The Morgan fingerprint density at radius 3 is 3.09 bits per heavy atom. The number of ether oxygens (including phenoxy) is 2. The van der Waals surface area contributed by atoms with E-state index in [0.29, 0.717) is 37.7 Å². The van der Waals surface area contributed by atoms with Gasteiger partial charge in [-0.2, -0.15) is 0 Å². The third-order valence-corrected chi connectivity index (χ3v) is 3.60. The summed E-state index contributed by atoms with van der Waals surface area (Å²) in [6.07, 6.45) is 1.29. The number of nitro groups is 1. The van der Waals surface area contributed by atoms with E-state index in [2.05, 4.69) is 15.5 Å². The van der Waals surface area contributed by atoms with E-state index in [0.717, 1.165) is 0 Å². The summed E-state index contributed by atoms with van der Waals surface area (Å²) >= 11 is 0. The summed E-state index contributed by atoms with van der Waals surface area (Å²) in [5, 5.41) is 22.3. The molecule has 2 aromatic rings. The normalized spacial score (nSPS) is 18.1. The third kappa shape index (κ3) is 3.27. The van der Waals surface area contributed by atoms with Crippen molar-refractivity contribution in [2.24, 2.45) is 0 Å². The number of aromatic nitrogens is 4. The maximum atomic E-state index is 11.5. The first-order valence-electron chi connectivity index (χ1n) is 7.06. The van der Waals surface area contributed by atoms with E-state index in [1.807, 2.05) is 4.90 Å². The molecule has 10 nitrogen and oxygen atoms in total. The molecule has 1 aliphatic rings. The van der Waals surface area contributed by atoms with Crippen molar-refractivity contribution in [3.8, 4) is 5.69 Å². The van der Waals surface area contributed by atoms with Crippen molar-refractivity contribution in [1.82, 2.24) is 20.2 Å². The molecule has 10 heteroatoms. The summed E-state index contributed by atoms with van der Waals surface area (Å²) in [6.45, 7) is 2.08. The lowest BCUT2D eigenvalue weighted by atomic mass is 10.2. The minimum atomic E-state index is -0.399. The summed E-state index contributed by atoms with van der Waals surface area (Å²) in [6, 6.07) is 4.93. The van der Waals surface area contributed by atoms with Crippen molar-refractivity contribution < 1.29 is 14.4 Å². The molecule has 0 N–H and O–H groups in total. The van der Waals surface area contributed by atoms with E-state index in [-0.39, 0.29) is 11.8 Å². The Labute approximate surface area is 131 Å². The Balaban J connectivity index is 1.91. The molecule has 0 amide bonds. The number of benzene rings is 1. The van der Waals surface area contributed by atoms with Crippen molar-refractivity contribution >= 4 is 11.4 Å². The van der Waals surface area contributed by atoms with Crippen molar-refractivity contribution in [2.75, 3.05) is 38.3 Å². The first-order valence-corrected chi connectivity index (χ1v) is 7.06. The van der Waals surface area contributed by atoms with Gasteiger partial charge in [-0.15, -0.1) is 5.10 Å². The summed E-state index contributed by atoms with van der Waals surface area (Å²) in [5.74, 6) is 0. The van der Waals surface area contributed by atoms with Gasteiger partial charge in [-0.3, -0.25) is 10.1 Å². The van der Waals surface area contributed by atoms with E-state index in [4.69, 9.17) is 9.47 Å². The predicted molar refractivity (Wildman–Crippen MR) is 79.6 cm³/mol. The van der Waals surface area contributed by atoms with Gasteiger partial charge in [0.05, 0.1) is 29.9 Å². The Hall–Kier alpha value is -2.59. The number of rotatable bonds is 5. The molecule has 23 heavy (non-hydrogen) atoms. The molecule has 0 radical (unpaired) electrons. The fraction of sp³-hybridized carbons (Fsp3) is 0.462. The second-order valence-corrected chi connectivity index (χ2v) is 5.08. The van der Waals surface area contributed by atoms with Crippen molar-refractivity contribution in [3.05, 3.63) is 34.6 Å². The van der Waals surface area contributed by atoms with Gasteiger partial charge < -0.3 is 14.4 Å². The molecule has 2 heterocycles. The third-order valence-electron chi connectivity index (χ3n) is 3.60. The predicted octanol–water partition coefficient (Wildman–Crippen LogP) is 0.422. The smallest absolute Gasteiger partial charge is 0.294 e. The van der Waals surface area contributed by atoms with Crippen LogP contribution in [-0.4, -0.2) is 64.6 Å². The van der Waals surface area contributed by atoms with Crippen LogP contribution in [0.5, 0.6) is 0 Å². The van der Waals surface area contributed by atoms with Crippen molar-refractivity contribution in [2.45, 2.75) is 6.10 Å². The maximum absolute atomic E-state index is 11.5. The van der Waals surface area contributed by atoms with Gasteiger partial charge in [-0.05, 0) is 22.6 Å². The number of anilines is 1. The largest absolute Gasteiger partial charge is 0.382 e. The monoisotopic (exact) mass is 320 g/mol. The van der Waals surface area contributed by atoms with Gasteiger partial charge in [0.25, 0.3) is 5.69 Å². The Morgan fingerprint density at radius 2 is 2.39 bits per heavy atom. The zero-order chi connectivity index (χ0) is 16.2. The molecule has 1 aromatic carbocycles. The molecule has 0 spiro atoms. The van der Waals surface area contributed by atoms with Crippen LogP contribution in [-0.2, 0) is 9.47 Å². The standard InChI is InChI=1S/C13H16N6O4/c1-22-8-11-7-17(4-5-23-11)12-3-2-10(6-13(12)19(20)21)18-9-14-15-16-18/h2-3,6,9,11H,4-5,7-8H2,1H3/t11-/m1/s1. The van der Waals surface area contributed by atoms with Crippen LogP contribution in [0.2, 0.25) is 0 Å². The van der Waals surface area contributed by atoms with Crippen LogP contribution < -0.4 is 4.90 Å². The number of hydrogen-bond donors (Lipinski definition) is 0. The first kappa shape index (κ1) is 15.3.